The summed E-state index contributed by atoms with van der Waals surface area (Å²) in [5.41, 5.74) is 0.557. The zero-order chi connectivity index (χ0) is 15.8. The van der Waals surface area contributed by atoms with Crippen molar-refractivity contribution in [2.75, 3.05) is 13.7 Å². The highest BCUT2D eigenvalue weighted by atomic mass is 16.6. The van der Waals surface area contributed by atoms with Gasteiger partial charge < -0.3 is 15.2 Å². The second-order valence-corrected chi connectivity index (χ2v) is 3.97. The van der Waals surface area contributed by atoms with E-state index in [-0.39, 0.29) is 12.2 Å². The van der Waals surface area contributed by atoms with Crippen LogP contribution < -0.4 is 5.32 Å². The van der Waals surface area contributed by atoms with Gasteiger partial charge in [0.15, 0.2) is 6.10 Å². The Balaban J connectivity index is 2.50. The normalized spacial score (nSPS) is 11.9. The number of hydrogen-bond donors (Lipinski definition) is 2. The number of nitrogens with one attached hydrogen (secondary N) is 1. The average Bonchev–Trinajstić information content (AvgIpc) is 2.49. The molecule has 0 aliphatic heterocycles. The Hall–Kier alpha value is -2.74. The van der Waals surface area contributed by atoms with E-state index in [9.17, 15) is 24.8 Å². The SMILES string of the molecule is COC(=O)C(O)CNC(=O)/C=C/c1ccc([N+](=O)[O-])cc1. The molecule has 1 aromatic rings. The molecule has 2 N–H and O–H groups in total. The van der Waals surface area contributed by atoms with Gasteiger partial charge in [-0.05, 0) is 23.8 Å². The fourth-order valence-electron chi connectivity index (χ4n) is 1.35. The minimum atomic E-state index is -1.42. The molecular formula is C13H14N2O6. The highest BCUT2D eigenvalue weighted by molar-refractivity contribution is 5.92. The van der Waals surface area contributed by atoms with E-state index in [2.05, 4.69) is 10.1 Å². The van der Waals surface area contributed by atoms with Crippen LogP contribution in [0, 0.1) is 10.1 Å². The lowest BCUT2D eigenvalue weighted by atomic mass is 10.2. The largest absolute Gasteiger partial charge is 0.467 e. The Labute approximate surface area is 120 Å². The smallest absolute Gasteiger partial charge is 0.336 e. The first-order valence-corrected chi connectivity index (χ1v) is 5.90. The number of aliphatic hydroxyl groups is 1. The molecule has 0 heterocycles. The van der Waals surface area contributed by atoms with Gasteiger partial charge in [-0.1, -0.05) is 0 Å². The number of non-ortho nitro benzene ring substituents is 1. The number of methoxy groups -OCH3 is 1. The number of nitrogens with zero attached hydrogens (tertiary/aromatic N) is 1. The third-order valence-electron chi connectivity index (χ3n) is 2.47. The van der Waals surface area contributed by atoms with Crippen molar-refractivity contribution in [1.82, 2.24) is 5.32 Å². The van der Waals surface area contributed by atoms with Crippen LogP contribution in [0.4, 0.5) is 5.69 Å². The molecule has 1 aromatic carbocycles. The van der Waals surface area contributed by atoms with Crippen LogP contribution in [0.15, 0.2) is 30.3 Å². The Morgan fingerprint density at radius 1 is 1.43 bits per heavy atom. The van der Waals surface area contributed by atoms with Gasteiger partial charge in [-0.25, -0.2) is 4.79 Å². The van der Waals surface area contributed by atoms with E-state index in [4.69, 9.17) is 0 Å². The molecular weight excluding hydrogens is 280 g/mol. The number of nitro groups is 1. The molecule has 0 aliphatic carbocycles. The van der Waals surface area contributed by atoms with E-state index in [0.29, 0.717) is 5.56 Å². The number of nitro benzene ring substituents is 1. The van der Waals surface area contributed by atoms with Crippen molar-refractivity contribution in [2.24, 2.45) is 0 Å². The first-order valence-electron chi connectivity index (χ1n) is 5.90. The van der Waals surface area contributed by atoms with Crippen molar-refractivity contribution in [3.05, 3.63) is 46.0 Å². The van der Waals surface area contributed by atoms with Gasteiger partial charge in [0.1, 0.15) is 0 Å². The fourth-order valence-corrected chi connectivity index (χ4v) is 1.35. The minimum absolute atomic E-state index is 0.0437. The number of benzene rings is 1. The number of esters is 1. The molecule has 112 valence electrons. The summed E-state index contributed by atoms with van der Waals surface area (Å²) in [7, 11) is 1.13. The molecule has 0 aromatic heterocycles. The van der Waals surface area contributed by atoms with Gasteiger partial charge in [0.05, 0.1) is 18.6 Å². The van der Waals surface area contributed by atoms with Crippen molar-refractivity contribution in [1.29, 1.82) is 0 Å². The van der Waals surface area contributed by atoms with Crippen LogP contribution in [-0.2, 0) is 14.3 Å². The molecule has 21 heavy (non-hydrogen) atoms. The molecule has 0 spiro atoms. The van der Waals surface area contributed by atoms with Gasteiger partial charge >= 0.3 is 5.97 Å². The van der Waals surface area contributed by atoms with Gasteiger partial charge in [0, 0.05) is 18.2 Å². The zero-order valence-electron chi connectivity index (χ0n) is 11.2. The van der Waals surface area contributed by atoms with Crippen LogP contribution in [0.1, 0.15) is 5.56 Å². The maximum atomic E-state index is 11.4. The number of hydrogen-bond acceptors (Lipinski definition) is 6. The third-order valence-corrected chi connectivity index (χ3v) is 2.47. The summed E-state index contributed by atoms with van der Waals surface area (Å²) < 4.78 is 4.29. The Morgan fingerprint density at radius 3 is 2.57 bits per heavy atom. The van der Waals surface area contributed by atoms with E-state index in [1.165, 1.54) is 36.4 Å². The van der Waals surface area contributed by atoms with Crippen LogP contribution in [0.2, 0.25) is 0 Å². The lowest BCUT2D eigenvalue weighted by Crippen LogP contribution is -2.36. The predicted octanol–water partition coefficient (Wildman–Crippen LogP) is 0.258. The van der Waals surface area contributed by atoms with Gasteiger partial charge in [-0.2, -0.15) is 0 Å². The summed E-state index contributed by atoms with van der Waals surface area (Å²) in [5.74, 6) is -1.36. The lowest BCUT2D eigenvalue weighted by Gasteiger charge is -2.07. The molecule has 0 saturated carbocycles. The second kappa shape index (κ2) is 7.75. The van der Waals surface area contributed by atoms with E-state index >= 15 is 0 Å². The Morgan fingerprint density at radius 2 is 2.05 bits per heavy atom. The van der Waals surface area contributed by atoms with Crippen molar-refractivity contribution in [3.63, 3.8) is 0 Å². The molecule has 8 heteroatoms. The van der Waals surface area contributed by atoms with Crippen LogP contribution in [0.5, 0.6) is 0 Å². The molecule has 1 atom stereocenters. The van der Waals surface area contributed by atoms with Gasteiger partial charge in [-0.15, -0.1) is 0 Å². The molecule has 0 fully saturated rings. The summed E-state index contributed by atoms with van der Waals surface area (Å²) in [6, 6.07) is 5.62. The van der Waals surface area contributed by atoms with Crippen LogP contribution in [-0.4, -0.2) is 41.7 Å². The summed E-state index contributed by atoms with van der Waals surface area (Å²) >= 11 is 0. The standard InChI is InChI=1S/C13H14N2O6/c1-21-13(18)11(16)8-14-12(17)7-4-9-2-5-10(6-3-9)15(19)20/h2-7,11,16H,8H2,1H3,(H,14,17)/b7-4+. The fraction of sp³-hybridized carbons (Fsp3) is 0.231. The van der Waals surface area contributed by atoms with Crippen LogP contribution in [0.25, 0.3) is 6.08 Å². The highest BCUT2D eigenvalue weighted by Crippen LogP contribution is 2.12. The highest BCUT2D eigenvalue weighted by Gasteiger charge is 2.15. The van der Waals surface area contributed by atoms with Crippen molar-refractivity contribution in [2.45, 2.75) is 6.10 Å². The molecule has 1 amide bonds. The lowest BCUT2D eigenvalue weighted by molar-refractivity contribution is -0.384. The number of carbonyl (C=O) groups excluding carboxylic acids is 2. The molecule has 0 aliphatic rings. The maximum Gasteiger partial charge on any atom is 0.336 e. The summed E-state index contributed by atoms with van der Waals surface area (Å²) in [6.45, 7) is -0.268. The second-order valence-electron chi connectivity index (χ2n) is 3.97. The quantitative estimate of drug-likeness (QED) is 0.336. The van der Waals surface area contributed by atoms with Crippen molar-refractivity contribution >= 4 is 23.6 Å². The van der Waals surface area contributed by atoms with E-state index in [0.717, 1.165) is 7.11 Å². The topological polar surface area (TPSA) is 119 Å². The molecule has 1 rings (SSSR count). The van der Waals surface area contributed by atoms with Gasteiger partial charge in [-0.3, -0.25) is 14.9 Å². The predicted molar refractivity (Wildman–Crippen MR) is 73.2 cm³/mol. The number of aliphatic hydroxyl groups excluding tert-OH is 1. The average molecular weight is 294 g/mol. The molecule has 1 unspecified atom stereocenters. The van der Waals surface area contributed by atoms with Gasteiger partial charge in [0.25, 0.3) is 5.69 Å². The van der Waals surface area contributed by atoms with Crippen molar-refractivity contribution < 1.29 is 24.4 Å². The molecule has 0 saturated heterocycles. The first kappa shape index (κ1) is 16.3. The zero-order valence-corrected chi connectivity index (χ0v) is 11.2. The monoisotopic (exact) mass is 294 g/mol. The number of ether oxygens (including phenoxy) is 1. The Bertz CT molecular complexity index is 552. The number of rotatable bonds is 6. The summed E-state index contributed by atoms with van der Waals surface area (Å²) in [4.78, 5) is 32.3. The Kier molecular flexibility index (Phi) is 6.02. The van der Waals surface area contributed by atoms with Crippen LogP contribution in [0.3, 0.4) is 0 Å². The van der Waals surface area contributed by atoms with Gasteiger partial charge in [0.2, 0.25) is 5.91 Å². The van der Waals surface area contributed by atoms with E-state index in [1.54, 1.807) is 0 Å². The molecule has 8 nitrogen and oxygen atoms in total. The molecule has 0 radical (unpaired) electrons. The third kappa shape index (κ3) is 5.41. The number of amides is 1. The molecule has 0 bridgehead atoms. The summed E-state index contributed by atoms with van der Waals surface area (Å²) in [5, 5.41) is 22.0. The van der Waals surface area contributed by atoms with E-state index < -0.39 is 22.9 Å². The first-order chi connectivity index (χ1) is 9.93. The van der Waals surface area contributed by atoms with Crippen molar-refractivity contribution in [3.8, 4) is 0 Å². The van der Waals surface area contributed by atoms with Crippen LogP contribution >= 0.6 is 0 Å². The minimum Gasteiger partial charge on any atom is -0.467 e. The number of carbonyl (C=O) groups is 2. The summed E-state index contributed by atoms with van der Waals surface area (Å²) in [6.07, 6.45) is 1.21. The van der Waals surface area contributed by atoms with E-state index in [1.807, 2.05) is 0 Å². The maximum absolute atomic E-state index is 11.4.